The van der Waals surface area contributed by atoms with Gasteiger partial charge in [-0.15, -0.1) is 0 Å². The average Bonchev–Trinajstić information content (AvgIpc) is 3.72. The number of fused-ring (bicyclic) bond motifs is 2. The summed E-state index contributed by atoms with van der Waals surface area (Å²) < 4.78 is 17.4. The van der Waals surface area contributed by atoms with Crippen molar-refractivity contribution in [2.75, 3.05) is 31.8 Å². The van der Waals surface area contributed by atoms with Gasteiger partial charge in [0.15, 0.2) is 0 Å². The molecule has 4 heterocycles. The molecule has 2 fully saturated rings. The van der Waals surface area contributed by atoms with Gasteiger partial charge in [0.05, 0.1) is 43.7 Å². The first-order valence-electron chi connectivity index (χ1n) is 15.7. The highest BCUT2D eigenvalue weighted by Gasteiger charge is 2.73. The molecule has 3 amide bonds. The number of nitrogens with one attached hydrogen (secondary N) is 1. The number of anilines is 1. The van der Waals surface area contributed by atoms with Crippen LogP contribution < -0.4 is 15.0 Å². The first-order chi connectivity index (χ1) is 22.3. The Labute approximate surface area is 267 Å². The molecule has 0 saturated carbocycles. The van der Waals surface area contributed by atoms with Crippen molar-refractivity contribution in [3.8, 4) is 5.75 Å². The van der Waals surface area contributed by atoms with Gasteiger partial charge in [-0.2, -0.15) is 0 Å². The van der Waals surface area contributed by atoms with E-state index < -0.39 is 65.4 Å². The van der Waals surface area contributed by atoms with Gasteiger partial charge in [-0.05, 0) is 42.7 Å². The normalized spacial score (nSPS) is 31.0. The number of hydrogen-bond donors (Lipinski definition) is 2. The topological polar surface area (TPSA) is 135 Å². The van der Waals surface area contributed by atoms with E-state index in [9.17, 15) is 24.3 Å². The molecule has 11 heteroatoms. The van der Waals surface area contributed by atoms with E-state index in [4.69, 9.17) is 14.2 Å². The third-order valence-electron chi connectivity index (χ3n) is 9.47. The van der Waals surface area contributed by atoms with Gasteiger partial charge in [-0.3, -0.25) is 19.2 Å². The lowest BCUT2D eigenvalue weighted by Gasteiger charge is -2.38. The minimum atomic E-state index is -1.42. The fourth-order valence-corrected chi connectivity index (χ4v) is 7.15. The molecule has 0 aliphatic carbocycles. The highest BCUT2D eigenvalue weighted by atomic mass is 16.5. The molecule has 2 saturated heterocycles. The van der Waals surface area contributed by atoms with Crippen molar-refractivity contribution in [3.05, 3.63) is 84.5 Å². The highest BCUT2D eigenvalue weighted by molar-refractivity contribution is 6.05. The molecule has 5 bridgehead atoms. The lowest BCUT2D eigenvalue weighted by molar-refractivity contribution is -0.146. The highest BCUT2D eigenvalue weighted by Crippen LogP contribution is 2.56. The van der Waals surface area contributed by atoms with E-state index >= 15 is 0 Å². The van der Waals surface area contributed by atoms with Crippen LogP contribution in [-0.2, 0) is 28.7 Å². The monoisotopic (exact) mass is 629 g/mol. The number of likely N-dealkylation sites (tertiary alicyclic amines) is 1. The van der Waals surface area contributed by atoms with Gasteiger partial charge in [0.25, 0.3) is 5.91 Å². The Morgan fingerprint density at radius 1 is 1.04 bits per heavy atom. The smallest absolute Gasteiger partial charge is 0.306 e. The van der Waals surface area contributed by atoms with E-state index in [1.54, 1.807) is 54.5 Å². The van der Waals surface area contributed by atoms with Crippen molar-refractivity contribution >= 4 is 29.4 Å². The average molecular weight is 630 g/mol. The molecule has 2 aromatic carbocycles. The van der Waals surface area contributed by atoms with Crippen LogP contribution in [0.25, 0.3) is 0 Å². The Balaban J connectivity index is 1.44. The predicted molar refractivity (Wildman–Crippen MR) is 168 cm³/mol. The van der Waals surface area contributed by atoms with E-state index in [1.165, 1.54) is 4.90 Å². The predicted octanol–water partition coefficient (Wildman–Crippen LogP) is 2.70. The molecule has 0 radical (unpaired) electrons. The Kier molecular flexibility index (Phi) is 8.97. The molecule has 4 aliphatic heterocycles. The number of nitrogens with zero attached hydrogens (tertiary/aromatic N) is 2. The van der Waals surface area contributed by atoms with E-state index in [0.717, 1.165) is 5.56 Å². The summed E-state index contributed by atoms with van der Waals surface area (Å²) in [6.07, 6.45) is 7.27. The first-order valence-corrected chi connectivity index (χ1v) is 15.7. The second kappa shape index (κ2) is 13.1. The number of carbonyl (C=O) groups excluding carboxylic acids is 4. The van der Waals surface area contributed by atoms with Crippen molar-refractivity contribution in [1.82, 2.24) is 10.2 Å². The number of aliphatic hydroxyl groups excluding tert-OH is 1. The molecular weight excluding hydrogens is 590 g/mol. The number of cyclic esters (lactones) is 1. The number of allylic oxidation sites excluding steroid dienone is 1. The van der Waals surface area contributed by atoms with E-state index in [0.29, 0.717) is 24.3 Å². The molecule has 7 atom stereocenters. The maximum atomic E-state index is 14.8. The van der Waals surface area contributed by atoms with Gasteiger partial charge in [-0.1, -0.05) is 61.6 Å². The molecule has 1 spiro atoms. The van der Waals surface area contributed by atoms with E-state index in [1.807, 2.05) is 43.3 Å². The summed E-state index contributed by atoms with van der Waals surface area (Å²) in [5.41, 5.74) is -0.112. The van der Waals surface area contributed by atoms with Crippen molar-refractivity contribution < 1.29 is 38.5 Å². The number of benzene rings is 2. The van der Waals surface area contributed by atoms with Crippen LogP contribution in [0.1, 0.15) is 37.8 Å². The molecule has 0 aromatic heterocycles. The van der Waals surface area contributed by atoms with Gasteiger partial charge in [-0.25, -0.2) is 0 Å². The summed E-state index contributed by atoms with van der Waals surface area (Å²) >= 11 is 0. The molecule has 46 heavy (non-hydrogen) atoms. The maximum Gasteiger partial charge on any atom is 0.306 e. The molecule has 6 rings (SSSR count). The Morgan fingerprint density at radius 3 is 2.50 bits per heavy atom. The number of methoxy groups -OCH3 is 1. The molecule has 4 aliphatic rings. The number of ether oxygens (including phenoxy) is 3. The Bertz CT molecular complexity index is 1520. The Hall–Kier alpha value is -4.48. The summed E-state index contributed by atoms with van der Waals surface area (Å²) in [6.45, 7) is 1.54. The van der Waals surface area contributed by atoms with Crippen LogP contribution in [0.5, 0.6) is 5.75 Å². The van der Waals surface area contributed by atoms with Gasteiger partial charge in [0, 0.05) is 18.7 Å². The summed E-state index contributed by atoms with van der Waals surface area (Å²) in [5.74, 6) is -3.02. The number of rotatable bonds is 6. The number of amides is 3. The second-order valence-electron chi connectivity index (χ2n) is 12.0. The molecule has 242 valence electrons. The molecule has 2 N–H and O–H groups in total. The molecule has 0 unspecified atom stereocenters. The number of aliphatic hydroxyl groups is 1. The standard InChI is InChI=1S/C35H39N3O8/c1-3-23(20-39)38-31-34(43)37(24-13-15-25(44-2)16-14-24)19-9-5-8-12-28(40)45-21-26(22-10-6-4-7-11-22)36-32(41)29-27-17-18-35(31,46-27)30(29)33(38)42/h4-7,9-11,13-18,23,26-27,29-31,39H,3,8,12,19-21H2,1-2H3,(H,36,41)/b9-5-/t23-,26+,27+,29-,30-,31+,35-/m0/s1. The van der Waals surface area contributed by atoms with E-state index in [-0.39, 0.29) is 26.2 Å². The number of hydrogen-bond acceptors (Lipinski definition) is 8. The van der Waals surface area contributed by atoms with E-state index in [2.05, 4.69) is 5.32 Å². The zero-order valence-corrected chi connectivity index (χ0v) is 25.9. The first kappa shape index (κ1) is 31.5. The number of carbonyl (C=O) groups is 4. The fourth-order valence-electron chi connectivity index (χ4n) is 7.15. The van der Waals surface area contributed by atoms with Gasteiger partial charge in [0.2, 0.25) is 11.8 Å². The van der Waals surface area contributed by atoms with Crippen molar-refractivity contribution in [1.29, 1.82) is 0 Å². The van der Waals surface area contributed by atoms with Crippen LogP contribution in [0.4, 0.5) is 5.69 Å². The lowest BCUT2D eigenvalue weighted by atomic mass is 9.74. The summed E-state index contributed by atoms with van der Waals surface area (Å²) in [4.78, 5) is 59.1. The maximum absolute atomic E-state index is 14.8. The third-order valence-corrected chi connectivity index (χ3v) is 9.47. The Morgan fingerprint density at radius 2 is 1.80 bits per heavy atom. The second-order valence-corrected chi connectivity index (χ2v) is 12.0. The van der Waals surface area contributed by atoms with Crippen LogP contribution in [0.2, 0.25) is 0 Å². The summed E-state index contributed by atoms with van der Waals surface area (Å²) in [5, 5.41) is 13.4. The minimum Gasteiger partial charge on any atom is -0.497 e. The van der Waals surface area contributed by atoms with Crippen molar-refractivity contribution in [2.45, 2.75) is 56.0 Å². The van der Waals surface area contributed by atoms with Gasteiger partial charge < -0.3 is 34.4 Å². The summed E-state index contributed by atoms with van der Waals surface area (Å²) in [7, 11) is 1.55. The molecule has 2 aromatic rings. The van der Waals surface area contributed by atoms with Crippen LogP contribution in [0.3, 0.4) is 0 Å². The molecular formula is C35H39N3O8. The zero-order chi connectivity index (χ0) is 32.4. The van der Waals surface area contributed by atoms with Crippen molar-refractivity contribution in [2.24, 2.45) is 11.8 Å². The zero-order valence-electron chi connectivity index (χ0n) is 25.9. The third kappa shape index (κ3) is 5.47. The molecule has 11 nitrogen and oxygen atoms in total. The van der Waals surface area contributed by atoms with Crippen molar-refractivity contribution in [3.63, 3.8) is 0 Å². The van der Waals surface area contributed by atoms with Crippen LogP contribution in [0, 0.1) is 11.8 Å². The minimum absolute atomic E-state index is 0.0863. The lowest BCUT2D eigenvalue weighted by Crippen LogP contribution is -2.58. The van der Waals surface area contributed by atoms with Gasteiger partial charge in [0.1, 0.15) is 24.0 Å². The summed E-state index contributed by atoms with van der Waals surface area (Å²) in [6, 6.07) is 13.7. The van der Waals surface area contributed by atoms with Crippen LogP contribution in [-0.4, -0.2) is 84.4 Å². The van der Waals surface area contributed by atoms with Crippen LogP contribution >= 0.6 is 0 Å². The van der Waals surface area contributed by atoms with Crippen LogP contribution in [0.15, 0.2) is 78.9 Å². The number of esters is 1. The van der Waals surface area contributed by atoms with Gasteiger partial charge >= 0.3 is 5.97 Å². The largest absolute Gasteiger partial charge is 0.497 e. The SMILES string of the molecule is CC[C@@H](CO)N1C(=O)[C@@H]2[C@H]3C(=O)N[C@@H](c4ccccc4)COC(=O)CC/C=C\CN(c4ccc(OC)cc4)C(=O)[C@@H]1[C@]21C=C[C@H]3O1. The fraction of sp³-hybridized carbons (Fsp3) is 0.429. The quantitative estimate of drug-likeness (QED) is 0.368.